The Kier molecular flexibility index (Phi) is 7.14. The normalized spacial score (nSPS) is 14.7. The number of hydrogen-bond donors (Lipinski definition) is 1. The second-order valence-electron chi connectivity index (χ2n) is 6.65. The van der Waals surface area contributed by atoms with Gasteiger partial charge in [-0.15, -0.1) is 23.7 Å². The van der Waals surface area contributed by atoms with Gasteiger partial charge in [-0.3, -0.25) is 9.78 Å². The summed E-state index contributed by atoms with van der Waals surface area (Å²) in [5.74, 6) is 0.254. The van der Waals surface area contributed by atoms with Gasteiger partial charge in [0.1, 0.15) is 5.01 Å². The van der Waals surface area contributed by atoms with Crippen LogP contribution in [0.15, 0.2) is 60.1 Å². The third-order valence-electron chi connectivity index (χ3n) is 4.74. The van der Waals surface area contributed by atoms with Gasteiger partial charge in [0.15, 0.2) is 0 Å². The summed E-state index contributed by atoms with van der Waals surface area (Å²) in [6.45, 7) is 2.20. The molecule has 0 bridgehead atoms. The van der Waals surface area contributed by atoms with Gasteiger partial charge in [0, 0.05) is 37.6 Å². The highest BCUT2D eigenvalue weighted by molar-refractivity contribution is 7.13. The maximum absolute atomic E-state index is 12.1. The minimum atomic E-state index is 0. The van der Waals surface area contributed by atoms with E-state index < -0.39 is 0 Å². The lowest BCUT2D eigenvalue weighted by molar-refractivity contribution is -0.128. The van der Waals surface area contributed by atoms with E-state index in [0.717, 1.165) is 29.4 Å². The van der Waals surface area contributed by atoms with E-state index in [-0.39, 0.29) is 24.4 Å². The summed E-state index contributed by atoms with van der Waals surface area (Å²) in [5, 5.41) is 6.59. The fourth-order valence-corrected chi connectivity index (χ4v) is 4.11. The van der Waals surface area contributed by atoms with Crippen LogP contribution in [-0.4, -0.2) is 33.9 Å². The van der Waals surface area contributed by atoms with Gasteiger partial charge in [-0.1, -0.05) is 36.4 Å². The van der Waals surface area contributed by atoms with Gasteiger partial charge in [-0.05, 0) is 24.1 Å². The van der Waals surface area contributed by atoms with Crippen LogP contribution < -0.4 is 5.32 Å². The van der Waals surface area contributed by atoms with Crippen LogP contribution >= 0.6 is 23.7 Å². The number of carbonyl (C=O) groups is 1. The summed E-state index contributed by atoms with van der Waals surface area (Å²) in [5.41, 5.74) is 3.09. The predicted octanol–water partition coefficient (Wildman–Crippen LogP) is 4.08. The minimum absolute atomic E-state index is 0. The van der Waals surface area contributed by atoms with E-state index in [1.807, 2.05) is 41.3 Å². The van der Waals surface area contributed by atoms with E-state index in [9.17, 15) is 4.79 Å². The first-order chi connectivity index (χ1) is 13.3. The van der Waals surface area contributed by atoms with E-state index in [0.29, 0.717) is 19.5 Å². The number of amides is 1. The molecule has 7 heteroatoms. The van der Waals surface area contributed by atoms with Gasteiger partial charge in [0.05, 0.1) is 17.4 Å². The molecule has 0 aliphatic carbocycles. The van der Waals surface area contributed by atoms with Crippen molar-refractivity contribution >= 4 is 29.7 Å². The van der Waals surface area contributed by atoms with Crippen LogP contribution in [0, 0.1) is 0 Å². The number of thiazole rings is 1. The quantitative estimate of drug-likeness (QED) is 0.632. The van der Waals surface area contributed by atoms with Gasteiger partial charge in [0.25, 0.3) is 0 Å². The third kappa shape index (κ3) is 4.95. The van der Waals surface area contributed by atoms with Crippen LogP contribution in [-0.2, 0) is 11.3 Å². The number of aromatic nitrogens is 2. The van der Waals surface area contributed by atoms with E-state index in [2.05, 4.69) is 27.8 Å². The van der Waals surface area contributed by atoms with Crippen LogP contribution in [0.4, 0.5) is 0 Å². The van der Waals surface area contributed by atoms with E-state index in [1.54, 1.807) is 17.5 Å². The Morgan fingerprint density at radius 2 is 1.96 bits per heavy atom. The second-order valence-corrected chi connectivity index (χ2v) is 7.50. The summed E-state index contributed by atoms with van der Waals surface area (Å²) in [6, 6.07) is 16.3. The number of benzene rings is 1. The van der Waals surface area contributed by atoms with Crippen molar-refractivity contribution < 1.29 is 4.79 Å². The smallest absolute Gasteiger partial charge is 0.222 e. The van der Waals surface area contributed by atoms with Crippen molar-refractivity contribution in [2.45, 2.75) is 25.4 Å². The van der Waals surface area contributed by atoms with Crippen molar-refractivity contribution in [3.63, 3.8) is 0 Å². The number of pyridine rings is 1. The zero-order valence-corrected chi connectivity index (χ0v) is 17.1. The average molecular weight is 415 g/mol. The Morgan fingerprint density at radius 3 is 2.68 bits per heavy atom. The lowest BCUT2D eigenvalue weighted by Crippen LogP contribution is -2.35. The highest BCUT2D eigenvalue weighted by Crippen LogP contribution is 2.23. The van der Waals surface area contributed by atoms with Gasteiger partial charge < -0.3 is 10.2 Å². The SMILES string of the molecule is Cl.O=C1CCCN1CC(NCc1csc(-c2ccccn2)n1)c1ccccc1. The van der Waals surface area contributed by atoms with Crippen LogP contribution in [0.5, 0.6) is 0 Å². The molecule has 5 nitrogen and oxygen atoms in total. The van der Waals surface area contributed by atoms with Crippen molar-refractivity contribution in [3.8, 4) is 10.7 Å². The Balaban J connectivity index is 0.00000225. The molecule has 1 aliphatic rings. The van der Waals surface area contributed by atoms with Gasteiger partial charge in [-0.2, -0.15) is 0 Å². The maximum Gasteiger partial charge on any atom is 0.222 e. The number of nitrogens with one attached hydrogen (secondary N) is 1. The van der Waals surface area contributed by atoms with Crippen LogP contribution in [0.25, 0.3) is 10.7 Å². The van der Waals surface area contributed by atoms with Crippen LogP contribution in [0.2, 0.25) is 0 Å². The molecular weight excluding hydrogens is 392 g/mol. The van der Waals surface area contributed by atoms with Gasteiger partial charge in [-0.25, -0.2) is 4.98 Å². The predicted molar refractivity (Wildman–Crippen MR) is 114 cm³/mol. The van der Waals surface area contributed by atoms with Gasteiger partial charge in [0.2, 0.25) is 5.91 Å². The van der Waals surface area contributed by atoms with Gasteiger partial charge >= 0.3 is 0 Å². The zero-order valence-electron chi connectivity index (χ0n) is 15.5. The maximum atomic E-state index is 12.1. The fourth-order valence-electron chi connectivity index (χ4n) is 3.31. The first kappa shape index (κ1) is 20.5. The molecule has 3 aromatic rings. The lowest BCUT2D eigenvalue weighted by atomic mass is 10.1. The highest BCUT2D eigenvalue weighted by Gasteiger charge is 2.24. The molecule has 2 aromatic heterocycles. The Hall–Kier alpha value is -2.28. The summed E-state index contributed by atoms with van der Waals surface area (Å²) < 4.78 is 0. The van der Waals surface area contributed by atoms with Crippen LogP contribution in [0.1, 0.15) is 30.1 Å². The van der Waals surface area contributed by atoms with Crippen molar-refractivity contribution in [1.82, 2.24) is 20.2 Å². The summed E-state index contributed by atoms with van der Waals surface area (Å²) >= 11 is 1.61. The van der Waals surface area contributed by atoms with E-state index in [1.165, 1.54) is 5.56 Å². The molecule has 3 heterocycles. The number of nitrogens with zero attached hydrogens (tertiary/aromatic N) is 3. The van der Waals surface area contributed by atoms with E-state index in [4.69, 9.17) is 4.98 Å². The summed E-state index contributed by atoms with van der Waals surface area (Å²) in [6.07, 6.45) is 3.41. The van der Waals surface area contributed by atoms with Crippen molar-refractivity contribution in [1.29, 1.82) is 0 Å². The molecule has 0 saturated carbocycles. The molecule has 1 fully saturated rings. The standard InChI is InChI=1S/C21H22N4OS.ClH/c26-20-10-6-12-25(20)14-19(16-7-2-1-3-8-16)23-13-17-15-27-21(24-17)18-9-4-5-11-22-18;/h1-5,7-9,11,15,19,23H,6,10,12-14H2;1H. The molecule has 146 valence electrons. The number of carbonyl (C=O) groups excluding carboxylic acids is 1. The molecule has 1 amide bonds. The molecule has 1 N–H and O–H groups in total. The Morgan fingerprint density at radius 1 is 1.14 bits per heavy atom. The van der Waals surface area contributed by atoms with E-state index >= 15 is 0 Å². The monoisotopic (exact) mass is 414 g/mol. The average Bonchev–Trinajstić information content (AvgIpc) is 3.36. The first-order valence-corrected chi connectivity index (χ1v) is 10.1. The molecule has 1 saturated heterocycles. The highest BCUT2D eigenvalue weighted by atomic mass is 35.5. The first-order valence-electron chi connectivity index (χ1n) is 9.21. The number of rotatable bonds is 7. The topological polar surface area (TPSA) is 58.1 Å². The molecule has 1 unspecified atom stereocenters. The minimum Gasteiger partial charge on any atom is -0.341 e. The third-order valence-corrected chi connectivity index (χ3v) is 5.66. The van der Waals surface area contributed by atoms with Crippen molar-refractivity contribution in [3.05, 3.63) is 71.4 Å². The number of likely N-dealkylation sites (tertiary alicyclic amines) is 1. The largest absolute Gasteiger partial charge is 0.341 e. The molecule has 1 atom stereocenters. The molecule has 1 aromatic carbocycles. The van der Waals surface area contributed by atoms with Crippen molar-refractivity contribution in [2.75, 3.05) is 13.1 Å². The molecule has 4 rings (SSSR count). The summed E-state index contributed by atoms with van der Waals surface area (Å²) in [4.78, 5) is 23.1. The van der Waals surface area contributed by atoms with Crippen molar-refractivity contribution in [2.24, 2.45) is 0 Å². The molecule has 28 heavy (non-hydrogen) atoms. The number of halogens is 1. The molecule has 1 aliphatic heterocycles. The second kappa shape index (κ2) is 9.78. The Labute approximate surface area is 175 Å². The molecule has 0 spiro atoms. The van der Waals surface area contributed by atoms with Crippen LogP contribution in [0.3, 0.4) is 0 Å². The summed E-state index contributed by atoms with van der Waals surface area (Å²) in [7, 11) is 0. The molecular formula is C21H23ClN4OS. The fraction of sp³-hybridized carbons (Fsp3) is 0.286. The Bertz CT molecular complexity index is 888. The lowest BCUT2D eigenvalue weighted by Gasteiger charge is -2.25. The zero-order chi connectivity index (χ0) is 18.5. The molecule has 0 radical (unpaired) electrons. The number of hydrogen-bond acceptors (Lipinski definition) is 5.